The predicted octanol–water partition coefficient (Wildman–Crippen LogP) is 8.77. The molecule has 1 fully saturated rings. The third-order valence-corrected chi connectivity index (χ3v) is 7.51. The summed E-state index contributed by atoms with van der Waals surface area (Å²) in [5, 5.41) is 3.49. The Labute approximate surface area is 241 Å². The lowest BCUT2D eigenvalue weighted by atomic mass is 9.96. The van der Waals surface area contributed by atoms with Gasteiger partial charge in [-0.3, -0.25) is 4.79 Å². The minimum Gasteiger partial charge on any atom is -0.369 e. The molecule has 2 aromatic rings. The number of carbonyl (C=O) groups is 1. The molecule has 0 bridgehead atoms. The normalized spacial score (nSPS) is 16.1. The molecule has 1 unspecified atom stereocenters. The average Bonchev–Trinajstić information content (AvgIpc) is 3.59. The lowest BCUT2D eigenvalue weighted by molar-refractivity contribution is -0.139. The summed E-state index contributed by atoms with van der Waals surface area (Å²) in [6.45, 7) is -1.49. The van der Waals surface area contributed by atoms with Gasteiger partial charge in [0.05, 0.1) is 37.7 Å². The molecule has 0 spiro atoms. The first-order valence-corrected chi connectivity index (χ1v) is 12.6. The molecule has 218 valence electrons. The molecule has 1 aliphatic carbocycles. The Bertz CT molecular complexity index is 1310. The van der Waals surface area contributed by atoms with Crippen LogP contribution in [0.1, 0.15) is 45.8 Å². The number of carbonyl (C=O) groups excluding carboxylic acids is 1. The zero-order chi connectivity index (χ0) is 30.3. The summed E-state index contributed by atoms with van der Waals surface area (Å²) in [7, 11) is 0. The van der Waals surface area contributed by atoms with E-state index in [9.17, 15) is 44.3 Å². The van der Waals surface area contributed by atoms with Gasteiger partial charge in [-0.25, -0.2) is 0 Å². The molecule has 3 nitrogen and oxygen atoms in total. The molecular weight excluding hydrogens is 642 g/mol. The second-order valence-electron chi connectivity index (χ2n) is 8.81. The van der Waals surface area contributed by atoms with E-state index in [1.54, 1.807) is 0 Å². The summed E-state index contributed by atoms with van der Waals surface area (Å²) in [6.07, 6.45) is -13.0. The molecular formula is C24H16Cl3F9N2OS. The number of allylic oxidation sites excluding steroid dienone is 1. The van der Waals surface area contributed by atoms with Crippen molar-refractivity contribution in [2.24, 2.45) is 0 Å². The van der Waals surface area contributed by atoms with Gasteiger partial charge in [-0.1, -0.05) is 65.2 Å². The van der Waals surface area contributed by atoms with Crippen molar-refractivity contribution in [1.82, 2.24) is 10.6 Å². The van der Waals surface area contributed by atoms with Gasteiger partial charge in [-0.2, -0.15) is 39.5 Å². The third kappa shape index (κ3) is 7.95. The third-order valence-electron chi connectivity index (χ3n) is 5.78. The fourth-order valence-corrected chi connectivity index (χ4v) is 4.58. The Balaban J connectivity index is 1.90. The summed E-state index contributed by atoms with van der Waals surface area (Å²) in [6, 6.07) is 4.05. The van der Waals surface area contributed by atoms with Crippen molar-refractivity contribution in [2.45, 2.75) is 42.8 Å². The summed E-state index contributed by atoms with van der Waals surface area (Å²) >= 11 is 22.3. The highest BCUT2D eigenvalue weighted by atomic mass is 35.5. The molecule has 0 aliphatic heterocycles. The molecule has 2 N–H and O–H groups in total. The summed E-state index contributed by atoms with van der Waals surface area (Å²) in [5.74, 6) is -3.59. The lowest BCUT2D eigenvalue weighted by Gasteiger charge is -2.22. The fourth-order valence-electron chi connectivity index (χ4n) is 3.64. The van der Waals surface area contributed by atoms with E-state index in [2.05, 4.69) is 5.32 Å². The molecule has 3 rings (SSSR count). The van der Waals surface area contributed by atoms with Crippen LogP contribution < -0.4 is 10.6 Å². The van der Waals surface area contributed by atoms with Crippen LogP contribution in [-0.2, 0) is 6.18 Å². The van der Waals surface area contributed by atoms with Gasteiger partial charge in [0.2, 0.25) is 0 Å². The highest BCUT2D eigenvalue weighted by Crippen LogP contribution is 2.42. The van der Waals surface area contributed by atoms with Crippen LogP contribution >= 0.6 is 47.0 Å². The minimum atomic E-state index is -5.11. The average molecular weight is 658 g/mol. The van der Waals surface area contributed by atoms with Crippen LogP contribution in [0.15, 0.2) is 36.4 Å². The molecule has 1 atom stereocenters. The summed E-state index contributed by atoms with van der Waals surface area (Å²) < 4.78 is 120. The van der Waals surface area contributed by atoms with E-state index >= 15 is 0 Å². The highest BCUT2D eigenvalue weighted by Gasteiger charge is 2.50. The number of alkyl halides is 9. The lowest BCUT2D eigenvalue weighted by Crippen LogP contribution is -2.50. The van der Waals surface area contributed by atoms with Crippen LogP contribution in [0.2, 0.25) is 15.1 Å². The van der Waals surface area contributed by atoms with Gasteiger partial charge in [-0.05, 0) is 48.2 Å². The van der Waals surface area contributed by atoms with E-state index in [4.69, 9.17) is 47.0 Å². The van der Waals surface area contributed by atoms with Crippen molar-refractivity contribution in [1.29, 1.82) is 0 Å². The molecule has 0 aromatic heterocycles. The maximum absolute atomic E-state index is 13.8. The Morgan fingerprint density at radius 1 is 0.975 bits per heavy atom. The molecule has 1 amide bonds. The zero-order valence-corrected chi connectivity index (χ0v) is 22.7. The monoisotopic (exact) mass is 656 g/mol. The number of rotatable bonds is 7. The van der Waals surface area contributed by atoms with Gasteiger partial charge in [0.25, 0.3) is 5.91 Å². The van der Waals surface area contributed by atoms with E-state index in [0.717, 1.165) is 30.3 Å². The topological polar surface area (TPSA) is 41.1 Å². The van der Waals surface area contributed by atoms with Crippen molar-refractivity contribution in [3.05, 3.63) is 73.7 Å². The first-order chi connectivity index (χ1) is 18.2. The summed E-state index contributed by atoms with van der Waals surface area (Å²) in [5.41, 5.74) is -4.55. The molecule has 16 heteroatoms. The van der Waals surface area contributed by atoms with Crippen molar-refractivity contribution in [2.75, 3.05) is 6.54 Å². The van der Waals surface area contributed by atoms with E-state index in [-0.39, 0.29) is 38.5 Å². The van der Waals surface area contributed by atoms with Crippen LogP contribution in [-0.4, -0.2) is 35.3 Å². The van der Waals surface area contributed by atoms with E-state index in [1.807, 2.05) is 5.32 Å². The number of hydrogen-bond donors (Lipinski definition) is 2. The van der Waals surface area contributed by atoms with Crippen molar-refractivity contribution < 1.29 is 44.3 Å². The smallest absolute Gasteiger partial charge is 0.369 e. The number of thiocarbonyl (C=S) groups is 1. The quantitative estimate of drug-likeness (QED) is 0.178. The van der Waals surface area contributed by atoms with Gasteiger partial charge in [0.15, 0.2) is 0 Å². The van der Waals surface area contributed by atoms with Crippen molar-refractivity contribution in [3.63, 3.8) is 0 Å². The first kappa shape index (κ1) is 32.3. The Morgan fingerprint density at radius 3 is 2.02 bits per heavy atom. The van der Waals surface area contributed by atoms with Gasteiger partial charge in [-0.15, -0.1) is 0 Å². The number of hydrogen-bond acceptors (Lipinski definition) is 2. The molecule has 1 aliphatic rings. The standard InChI is InChI=1S/C24H16Cl3F9N2OS/c25-16-8-12(9-17(26)18(16)27)14(23(31,32)33)4-2-11-1-3-13(15(7-11)24(34,35)36)19(39)38-21(5-6-21)20(40)37-10-22(28,29)30/h1-4,7-9,14H,5-6,10H2,(H,37,40)(H,38,39). The van der Waals surface area contributed by atoms with E-state index in [0.29, 0.717) is 12.1 Å². The predicted molar refractivity (Wildman–Crippen MR) is 137 cm³/mol. The van der Waals surface area contributed by atoms with Crippen LogP contribution in [0.3, 0.4) is 0 Å². The molecule has 2 aromatic carbocycles. The maximum atomic E-state index is 13.8. The SMILES string of the molecule is O=C(NC1(C(=S)NCC(F)(F)F)CC1)c1ccc(C=CC(c2cc(Cl)c(Cl)c(Cl)c2)C(F)(F)F)cc1C(F)(F)F. The molecule has 0 saturated heterocycles. The fraction of sp³-hybridized carbons (Fsp3) is 0.333. The Morgan fingerprint density at radius 2 is 1.55 bits per heavy atom. The second-order valence-corrected chi connectivity index (χ2v) is 10.4. The largest absolute Gasteiger partial charge is 0.417 e. The first-order valence-electron chi connectivity index (χ1n) is 11.0. The van der Waals surface area contributed by atoms with Gasteiger partial charge in [0, 0.05) is 0 Å². The van der Waals surface area contributed by atoms with E-state index < -0.39 is 59.1 Å². The van der Waals surface area contributed by atoms with Crippen LogP contribution in [0, 0.1) is 0 Å². The van der Waals surface area contributed by atoms with Gasteiger partial charge >= 0.3 is 18.5 Å². The molecule has 0 radical (unpaired) electrons. The Kier molecular flexibility index (Phi) is 9.35. The maximum Gasteiger partial charge on any atom is 0.417 e. The minimum absolute atomic E-state index is 0.0994. The second kappa shape index (κ2) is 11.6. The number of benzene rings is 2. The zero-order valence-electron chi connectivity index (χ0n) is 19.6. The van der Waals surface area contributed by atoms with Crippen molar-refractivity contribution >= 4 is 64.0 Å². The number of nitrogens with one attached hydrogen (secondary N) is 2. The van der Waals surface area contributed by atoms with Crippen molar-refractivity contribution in [3.8, 4) is 0 Å². The number of halogens is 12. The number of amides is 1. The molecule has 0 heterocycles. The van der Waals surface area contributed by atoms with Gasteiger partial charge < -0.3 is 10.6 Å². The van der Waals surface area contributed by atoms with Crippen LogP contribution in [0.5, 0.6) is 0 Å². The molecule has 40 heavy (non-hydrogen) atoms. The summed E-state index contributed by atoms with van der Waals surface area (Å²) in [4.78, 5) is 12.4. The van der Waals surface area contributed by atoms with Crippen LogP contribution in [0.25, 0.3) is 6.08 Å². The van der Waals surface area contributed by atoms with E-state index in [1.165, 1.54) is 0 Å². The Hall–Kier alpha value is -2.22. The highest BCUT2D eigenvalue weighted by molar-refractivity contribution is 7.80. The van der Waals surface area contributed by atoms with Crippen LogP contribution in [0.4, 0.5) is 39.5 Å². The molecule has 1 saturated carbocycles. The van der Waals surface area contributed by atoms with Gasteiger partial charge in [0.1, 0.15) is 11.5 Å².